The van der Waals surface area contributed by atoms with Crippen LogP contribution in [-0.2, 0) is 4.74 Å². The van der Waals surface area contributed by atoms with Crippen LogP contribution in [0, 0.1) is 0 Å². The zero-order chi connectivity index (χ0) is 8.65. The van der Waals surface area contributed by atoms with Crippen molar-refractivity contribution in [1.82, 2.24) is 0 Å². The average Bonchev–Trinajstić information content (AvgIpc) is 1.95. The van der Waals surface area contributed by atoms with E-state index in [1.807, 2.05) is 0 Å². The normalized spacial score (nSPS) is 52.6. The van der Waals surface area contributed by atoms with E-state index in [1.165, 1.54) is 0 Å². The van der Waals surface area contributed by atoms with E-state index >= 15 is 0 Å². The third-order valence-corrected chi connectivity index (χ3v) is 1.96. The number of aliphatic hydroxyl groups excluding tert-OH is 3. The van der Waals surface area contributed by atoms with Crippen molar-refractivity contribution in [2.45, 2.75) is 23.4 Å². The molecule has 1 unspecified atom stereocenters. The molecule has 4 atom stereocenters. The summed E-state index contributed by atoms with van der Waals surface area (Å²) in [6, 6.07) is 0. The fraction of sp³-hybridized carbons (Fsp3) is 1.00. The van der Waals surface area contributed by atoms with Gasteiger partial charge in [0.2, 0.25) is 5.12 Å². The minimum absolute atomic E-state index is 0.252. The lowest BCUT2D eigenvalue weighted by Crippen LogP contribution is -2.58. The molecule has 1 heterocycles. The van der Waals surface area contributed by atoms with Gasteiger partial charge in [0, 0.05) is 0 Å². The molecule has 5 nitrogen and oxygen atoms in total. The van der Waals surface area contributed by atoms with Gasteiger partial charge >= 0.3 is 0 Å². The second-order valence-corrected chi connectivity index (χ2v) is 3.11. The van der Waals surface area contributed by atoms with E-state index in [0.717, 1.165) is 0 Å². The predicted molar refractivity (Wildman–Crippen MR) is 37.9 cm³/mol. The maximum absolute atomic E-state index is 9.05. The predicted octanol–water partition coefficient (Wildman–Crippen LogP) is -2.32. The zero-order valence-corrected chi connectivity index (χ0v) is 6.48. The first-order chi connectivity index (χ1) is 4.95. The maximum atomic E-state index is 9.05. The molecule has 11 heavy (non-hydrogen) atoms. The molecule has 0 radical (unpaired) electrons. The molecule has 1 fully saturated rings. The molecule has 0 spiro atoms. The van der Waals surface area contributed by atoms with Crippen molar-refractivity contribution in [3.63, 3.8) is 0 Å². The van der Waals surface area contributed by atoms with Gasteiger partial charge in [-0.2, -0.15) is 0 Å². The molecule has 0 bridgehead atoms. The first-order valence-electron chi connectivity index (χ1n) is 3.08. The Bertz CT molecular complexity index is 150. The standard InChI is InChI=1S/C5H10O5S/c6-2-1-10-5(9,11)4(8)3(2)7/h2-4,6-9,11H,1H2/t2-,3+,4-,5?/m1/s1. The summed E-state index contributed by atoms with van der Waals surface area (Å²) in [5, 5.41) is 33.9. The van der Waals surface area contributed by atoms with Gasteiger partial charge in [-0.1, -0.05) is 0 Å². The number of thiol groups is 1. The van der Waals surface area contributed by atoms with Crippen molar-refractivity contribution >= 4 is 12.6 Å². The van der Waals surface area contributed by atoms with Crippen molar-refractivity contribution in [2.24, 2.45) is 0 Å². The van der Waals surface area contributed by atoms with E-state index in [0.29, 0.717) is 0 Å². The molecule has 0 aliphatic carbocycles. The van der Waals surface area contributed by atoms with Crippen LogP contribution < -0.4 is 0 Å². The highest BCUT2D eigenvalue weighted by Crippen LogP contribution is 2.26. The molecule has 1 saturated heterocycles. The van der Waals surface area contributed by atoms with Crippen LogP contribution in [-0.4, -0.2) is 50.5 Å². The molecule has 1 aliphatic rings. The van der Waals surface area contributed by atoms with Crippen LogP contribution in [0.5, 0.6) is 0 Å². The Balaban J connectivity index is 2.67. The van der Waals surface area contributed by atoms with Crippen molar-refractivity contribution in [2.75, 3.05) is 6.61 Å². The smallest absolute Gasteiger partial charge is 0.242 e. The molecule has 1 aliphatic heterocycles. The largest absolute Gasteiger partial charge is 0.388 e. The SMILES string of the molecule is O[C@H]1[C@H](O)COC(O)(S)[C@@H]1O. The molecule has 0 aromatic carbocycles. The summed E-state index contributed by atoms with van der Waals surface area (Å²) in [6.07, 6.45) is -4.21. The Labute approximate surface area is 68.6 Å². The Morgan fingerprint density at radius 2 is 1.91 bits per heavy atom. The van der Waals surface area contributed by atoms with Crippen molar-refractivity contribution in [1.29, 1.82) is 0 Å². The molecular weight excluding hydrogens is 172 g/mol. The van der Waals surface area contributed by atoms with E-state index < -0.39 is 23.4 Å². The van der Waals surface area contributed by atoms with Crippen LogP contribution in [0.2, 0.25) is 0 Å². The fourth-order valence-electron chi connectivity index (χ4n) is 0.825. The summed E-state index contributed by atoms with van der Waals surface area (Å²) in [4.78, 5) is 0. The lowest BCUT2D eigenvalue weighted by Gasteiger charge is -2.38. The minimum atomic E-state index is -2.07. The highest BCUT2D eigenvalue weighted by molar-refractivity contribution is 7.81. The molecule has 6 heteroatoms. The molecule has 0 aromatic heterocycles. The Morgan fingerprint density at radius 1 is 1.36 bits per heavy atom. The van der Waals surface area contributed by atoms with Gasteiger partial charge in [0.25, 0.3) is 0 Å². The molecule has 0 amide bonds. The molecule has 0 saturated carbocycles. The number of hydrogen-bond donors (Lipinski definition) is 5. The molecule has 4 N–H and O–H groups in total. The topological polar surface area (TPSA) is 90.2 Å². The monoisotopic (exact) mass is 182 g/mol. The van der Waals surface area contributed by atoms with Crippen molar-refractivity contribution < 1.29 is 25.2 Å². The van der Waals surface area contributed by atoms with E-state index in [-0.39, 0.29) is 6.61 Å². The van der Waals surface area contributed by atoms with Gasteiger partial charge in [-0.3, -0.25) is 0 Å². The first-order valence-corrected chi connectivity index (χ1v) is 3.53. The number of hydrogen-bond acceptors (Lipinski definition) is 6. The zero-order valence-electron chi connectivity index (χ0n) is 5.58. The van der Waals surface area contributed by atoms with Crippen LogP contribution in [0.4, 0.5) is 0 Å². The van der Waals surface area contributed by atoms with Gasteiger partial charge in [-0.15, -0.1) is 12.6 Å². The number of ether oxygens (including phenoxy) is 1. The Hall–Kier alpha value is 0.150. The molecule has 1 rings (SSSR count). The second-order valence-electron chi connectivity index (χ2n) is 2.47. The van der Waals surface area contributed by atoms with E-state index in [9.17, 15) is 0 Å². The van der Waals surface area contributed by atoms with E-state index in [4.69, 9.17) is 20.4 Å². The van der Waals surface area contributed by atoms with Crippen LogP contribution in [0.1, 0.15) is 0 Å². The quantitative estimate of drug-likeness (QED) is 0.214. The first kappa shape index (κ1) is 9.24. The van der Waals surface area contributed by atoms with Crippen LogP contribution in [0.3, 0.4) is 0 Å². The lowest BCUT2D eigenvalue weighted by atomic mass is 10.1. The second kappa shape index (κ2) is 2.89. The molecule has 66 valence electrons. The maximum Gasteiger partial charge on any atom is 0.242 e. The summed E-state index contributed by atoms with van der Waals surface area (Å²) < 4.78 is 4.52. The van der Waals surface area contributed by atoms with Crippen LogP contribution in [0.15, 0.2) is 0 Å². The van der Waals surface area contributed by atoms with Gasteiger partial charge in [0.15, 0.2) is 0 Å². The average molecular weight is 182 g/mol. The van der Waals surface area contributed by atoms with Crippen LogP contribution >= 0.6 is 12.6 Å². The summed E-state index contributed by atoms with van der Waals surface area (Å²) in [6.45, 7) is -0.252. The van der Waals surface area contributed by atoms with Crippen molar-refractivity contribution in [3.05, 3.63) is 0 Å². The lowest BCUT2D eigenvalue weighted by molar-refractivity contribution is -0.271. The highest BCUT2D eigenvalue weighted by atomic mass is 32.1. The van der Waals surface area contributed by atoms with E-state index in [2.05, 4.69) is 17.4 Å². The fourth-order valence-corrected chi connectivity index (χ4v) is 1.05. The molecule has 0 aromatic rings. The number of aliphatic hydroxyl groups is 4. The van der Waals surface area contributed by atoms with Gasteiger partial charge < -0.3 is 25.2 Å². The van der Waals surface area contributed by atoms with Crippen LogP contribution in [0.25, 0.3) is 0 Å². The third kappa shape index (κ3) is 1.66. The minimum Gasteiger partial charge on any atom is -0.388 e. The van der Waals surface area contributed by atoms with E-state index in [1.54, 1.807) is 0 Å². The van der Waals surface area contributed by atoms with Gasteiger partial charge in [-0.05, 0) is 0 Å². The molecular formula is C5H10O5S. The van der Waals surface area contributed by atoms with Gasteiger partial charge in [0.1, 0.15) is 18.3 Å². The Morgan fingerprint density at radius 3 is 2.36 bits per heavy atom. The van der Waals surface area contributed by atoms with Gasteiger partial charge in [-0.25, -0.2) is 0 Å². The Kier molecular flexibility index (Phi) is 2.43. The summed E-state index contributed by atoms with van der Waals surface area (Å²) >= 11 is 3.53. The highest BCUT2D eigenvalue weighted by Gasteiger charge is 2.45. The van der Waals surface area contributed by atoms with Gasteiger partial charge in [0.05, 0.1) is 6.61 Å². The summed E-state index contributed by atoms with van der Waals surface area (Å²) in [7, 11) is 0. The van der Waals surface area contributed by atoms with Crippen molar-refractivity contribution in [3.8, 4) is 0 Å². The summed E-state index contributed by atoms with van der Waals surface area (Å²) in [5.41, 5.74) is 0. The third-order valence-electron chi connectivity index (χ3n) is 1.57. The summed E-state index contributed by atoms with van der Waals surface area (Å²) in [5.74, 6) is 0. The number of rotatable bonds is 0.